The number of carbonyl (C=O) groups is 2. The first-order chi connectivity index (χ1) is 12.7. The minimum Gasteiger partial charge on any atom is -0.497 e. The lowest BCUT2D eigenvalue weighted by molar-refractivity contribution is -0.114. The predicted octanol–water partition coefficient (Wildman–Crippen LogP) is 4.09. The highest BCUT2D eigenvalue weighted by Crippen LogP contribution is 2.33. The van der Waals surface area contributed by atoms with Crippen LogP contribution >= 0.6 is 0 Å². The quantitative estimate of drug-likeness (QED) is 0.670. The van der Waals surface area contributed by atoms with Crippen LogP contribution in [0.2, 0.25) is 0 Å². The summed E-state index contributed by atoms with van der Waals surface area (Å²) < 4.78 is 5.15. The Balaban J connectivity index is 1.60. The van der Waals surface area contributed by atoms with Gasteiger partial charge in [0, 0.05) is 0 Å². The lowest BCUT2D eigenvalue weighted by Crippen LogP contribution is -2.29. The van der Waals surface area contributed by atoms with E-state index in [-0.39, 0.29) is 0 Å². The lowest BCUT2D eigenvalue weighted by Gasteiger charge is -2.17. The Hall–Kier alpha value is -3.40. The Morgan fingerprint density at radius 2 is 1.54 bits per heavy atom. The van der Waals surface area contributed by atoms with Gasteiger partial charge in [-0.2, -0.15) is 0 Å². The third-order valence-corrected chi connectivity index (χ3v) is 4.58. The van der Waals surface area contributed by atoms with Gasteiger partial charge in [0.05, 0.1) is 24.9 Å². The van der Waals surface area contributed by atoms with Gasteiger partial charge in [0.2, 0.25) is 0 Å². The molecule has 1 amide bonds. The van der Waals surface area contributed by atoms with Gasteiger partial charge < -0.3 is 9.64 Å². The van der Waals surface area contributed by atoms with Crippen molar-refractivity contribution in [1.82, 2.24) is 0 Å². The van der Waals surface area contributed by atoms with Crippen LogP contribution in [-0.4, -0.2) is 18.8 Å². The van der Waals surface area contributed by atoms with E-state index < -0.39 is 11.7 Å². The number of ether oxygens (including phenoxy) is 1. The van der Waals surface area contributed by atoms with Crippen molar-refractivity contribution in [1.29, 1.82) is 0 Å². The molecule has 0 saturated heterocycles. The van der Waals surface area contributed by atoms with Gasteiger partial charge in [0.25, 0.3) is 11.7 Å². The van der Waals surface area contributed by atoms with Gasteiger partial charge in [0.1, 0.15) is 5.75 Å². The summed E-state index contributed by atoms with van der Waals surface area (Å²) in [6.07, 6.45) is 0. The van der Waals surface area contributed by atoms with E-state index >= 15 is 0 Å². The van der Waals surface area contributed by atoms with E-state index in [1.165, 1.54) is 12.0 Å². The second-order valence-corrected chi connectivity index (χ2v) is 6.17. The fourth-order valence-electron chi connectivity index (χ4n) is 3.18. The molecule has 1 aliphatic rings. The van der Waals surface area contributed by atoms with Crippen LogP contribution in [0.25, 0.3) is 11.1 Å². The third-order valence-electron chi connectivity index (χ3n) is 4.58. The molecule has 4 rings (SSSR count). The number of rotatable bonds is 4. The van der Waals surface area contributed by atoms with Crippen molar-refractivity contribution in [2.24, 2.45) is 0 Å². The predicted molar refractivity (Wildman–Crippen MR) is 100 cm³/mol. The van der Waals surface area contributed by atoms with E-state index in [1.54, 1.807) is 18.2 Å². The standard InChI is InChI=1S/C22H17NO3/c1-26-18-11-12-20-19(13-18)21(24)22(25)23(20)14-15-7-9-17(10-8-15)16-5-3-2-4-6-16/h2-13H,14H2,1H3. The molecule has 4 nitrogen and oxygen atoms in total. The van der Waals surface area contributed by atoms with E-state index in [2.05, 4.69) is 12.1 Å². The van der Waals surface area contributed by atoms with Crippen LogP contribution in [0, 0.1) is 0 Å². The fraction of sp³-hybridized carbons (Fsp3) is 0.0909. The lowest BCUT2D eigenvalue weighted by atomic mass is 10.0. The molecule has 4 heteroatoms. The Labute approximate surface area is 151 Å². The molecule has 0 bridgehead atoms. The Morgan fingerprint density at radius 3 is 2.23 bits per heavy atom. The van der Waals surface area contributed by atoms with Gasteiger partial charge in [-0.25, -0.2) is 0 Å². The first-order valence-electron chi connectivity index (χ1n) is 8.36. The fourth-order valence-corrected chi connectivity index (χ4v) is 3.18. The highest BCUT2D eigenvalue weighted by Gasteiger charge is 2.36. The summed E-state index contributed by atoms with van der Waals surface area (Å²) in [5, 5.41) is 0. The molecular weight excluding hydrogens is 326 g/mol. The van der Waals surface area contributed by atoms with E-state index in [9.17, 15) is 9.59 Å². The summed E-state index contributed by atoms with van der Waals surface area (Å²) in [6.45, 7) is 0.360. The molecule has 0 unspecified atom stereocenters. The number of benzene rings is 3. The largest absolute Gasteiger partial charge is 0.497 e. The molecule has 1 aliphatic heterocycles. The second-order valence-electron chi connectivity index (χ2n) is 6.17. The minimum absolute atomic E-state index is 0.360. The summed E-state index contributed by atoms with van der Waals surface area (Å²) >= 11 is 0. The summed E-state index contributed by atoms with van der Waals surface area (Å²) in [5.41, 5.74) is 4.25. The average molecular weight is 343 g/mol. The number of anilines is 1. The summed E-state index contributed by atoms with van der Waals surface area (Å²) in [4.78, 5) is 26.2. The van der Waals surface area contributed by atoms with Crippen molar-refractivity contribution in [3.05, 3.63) is 83.9 Å². The molecule has 3 aromatic rings. The number of methoxy groups -OCH3 is 1. The first-order valence-corrected chi connectivity index (χ1v) is 8.36. The van der Waals surface area contributed by atoms with Crippen molar-refractivity contribution in [2.45, 2.75) is 6.54 Å². The maximum absolute atomic E-state index is 12.4. The van der Waals surface area contributed by atoms with Crippen LogP contribution in [0.15, 0.2) is 72.8 Å². The van der Waals surface area contributed by atoms with E-state index in [1.807, 2.05) is 42.5 Å². The van der Waals surface area contributed by atoms with Gasteiger partial charge >= 0.3 is 0 Å². The normalized spacial score (nSPS) is 13.0. The Kier molecular flexibility index (Phi) is 4.01. The van der Waals surface area contributed by atoms with Crippen LogP contribution in [0.5, 0.6) is 5.75 Å². The second kappa shape index (κ2) is 6.48. The zero-order chi connectivity index (χ0) is 18.1. The zero-order valence-electron chi connectivity index (χ0n) is 14.3. The van der Waals surface area contributed by atoms with Gasteiger partial charge in [-0.1, -0.05) is 54.6 Å². The topological polar surface area (TPSA) is 46.6 Å². The molecule has 1 heterocycles. The highest BCUT2D eigenvalue weighted by molar-refractivity contribution is 6.52. The number of fused-ring (bicyclic) bond motifs is 1. The Morgan fingerprint density at radius 1 is 0.846 bits per heavy atom. The smallest absolute Gasteiger partial charge is 0.299 e. The van der Waals surface area contributed by atoms with Gasteiger partial charge in [-0.15, -0.1) is 0 Å². The minimum atomic E-state index is -0.500. The summed E-state index contributed by atoms with van der Waals surface area (Å²) in [6, 6.07) is 23.3. The number of amides is 1. The molecule has 0 N–H and O–H groups in total. The highest BCUT2D eigenvalue weighted by atomic mass is 16.5. The van der Waals surface area contributed by atoms with Crippen molar-refractivity contribution < 1.29 is 14.3 Å². The van der Waals surface area contributed by atoms with Crippen LogP contribution in [0.4, 0.5) is 5.69 Å². The average Bonchev–Trinajstić information content (AvgIpc) is 2.93. The molecule has 0 atom stereocenters. The van der Waals surface area contributed by atoms with Crippen molar-refractivity contribution in [3.63, 3.8) is 0 Å². The number of ketones is 1. The molecule has 0 aromatic heterocycles. The number of carbonyl (C=O) groups excluding carboxylic acids is 2. The monoisotopic (exact) mass is 343 g/mol. The first kappa shape index (κ1) is 16.1. The molecule has 128 valence electrons. The summed E-state index contributed by atoms with van der Waals surface area (Å²) in [5.74, 6) is -0.417. The van der Waals surface area contributed by atoms with Crippen LogP contribution < -0.4 is 9.64 Å². The van der Waals surface area contributed by atoms with Crippen molar-refractivity contribution in [2.75, 3.05) is 12.0 Å². The van der Waals surface area contributed by atoms with Crippen molar-refractivity contribution in [3.8, 4) is 16.9 Å². The van der Waals surface area contributed by atoms with Crippen LogP contribution in [-0.2, 0) is 11.3 Å². The SMILES string of the molecule is COc1ccc2c(c1)C(=O)C(=O)N2Cc1ccc(-c2ccccc2)cc1. The number of nitrogens with zero attached hydrogens (tertiary/aromatic N) is 1. The van der Waals surface area contributed by atoms with E-state index in [4.69, 9.17) is 4.74 Å². The molecule has 0 saturated carbocycles. The summed E-state index contributed by atoms with van der Waals surface area (Å²) in [7, 11) is 1.54. The van der Waals surface area contributed by atoms with Crippen LogP contribution in [0.1, 0.15) is 15.9 Å². The molecular formula is C22H17NO3. The van der Waals surface area contributed by atoms with Gasteiger partial charge in [-0.05, 0) is 34.9 Å². The molecule has 0 fully saturated rings. The molecule has 0 spiro atoms. The molecule has 0 radical (unpaired) electrons. The number of Topliss-reactive ketones (excluding diaryl/α,β-unsaturated/α-hetero) is 1. The van der Waals surface area contributed by atoms with Crippen LogP contribution in [0.3, 0.4) is 0 Å². The maximum atomic E-state index is 12.4. The Bertz CT molecular complexity index is 978. The molecule has 3 aromatic carbocycles. The maximum Gasteiger partial charge on any atom is 0.299 e. The van der Waals surface area contributed by atoms with Crippen molar-refractivity contribution >= 4 is 17.4 Å². The van der Waals surface area contributed by atoms with E-state index in [0.717, 1.165) is 16.7 Å². The third kappa shape index (κ3) is 2.75. The number of hydrogen-bond acceptors (Lipinski definition) is 3. The zero-order valence-corrected chi connectivity index (χ0v) is 14.3. The van der Waals surface area contributed by atoms with Gasteiger partial charge in [-0.3, -0.25) is 9.59 Å². The van der Waals surface area contributed by atoms with E-state index in [0.29, 0.717) is 23.5 Å². The van der Waals surface area contributed by atoms with Gasteiger partial charge in [0.15, 0.2) is 0 Å². The molecule has 26 heavy (non-hydrogen) atoms. The molecule has 0 aliphatic carbocycles. The number of hydrogen-bond donors (Lipinski definition) is 0.